The van der Waals surface area contributed by atoms with Crippen LogP contribution in [0.4, 0.5) is 20.4 Å². The van der Waals surface area contributed by atoms with Gasteiger partial charge in [-0.25, -0.2) is 32.2 Å². The van der Waals surface area contributed by atoms with Crippen LogP contribution < -0.4 is 10.5 Å². The summed E-state index contributed by atoms with van der Waals surface area (Å²) in [5, 5.41) is 0.764. The minimum absolute atomic E-state index is 0.0323. The second-order valence-corrected chi connectivity index (χ2v) is 12.2. The molecule has 12 heteroatoms. The van der Waals surface area contributed by atoms with Gasteiger partial charge in [0.2, 0.25) is 5.95 Å². The zero-order valence-electron chi connectivity index (χ0n) is 19.7. The van der Waals surface area contributed by atoms with E-state index in [0.29, 0.717) is 21.1 Å². The van der Waals surface area contributed by atoms with Gasteiger partial charge in [-0.15, -0.1) is 11.3 Å². The van der Waals surface area contributed by atoms with Crippen molar-refractivity contribution in [1.29, 1.82) is 0 Å². The number of sulfonamides is 1. The number of anilines is 2. The summed E-state index contributed by atoms with van der Waals surface area (Å²) in [6, 6.07) is 7.46. The molecular weight excluding hydrogens is 528 g/mol. The first kappa shape index (κ1) is 25.9. The van der Waals surface area contributed by atoms with E-state index in [1.54, 1.807) is 6.07 Å². The zero-order valence-corrected chi connectivity index (χ0v) is 22.1. The highest BCUT2D eigenvalue weighted by molar-refractivity contribution is 7.92. The lowest BCUT2D eigenvalue weighted by atomic mass is 9.98. The number of benzene rings is 2. The topological polar surface area (TPSA) is 111 Å². The van der Waals surface area contributed by atoms with Crippen LogP contribution in [0.15, 0.2) is 47.5 Å². The number of nitrogen functional groups attached to an aromatic ring is 1. The molecule has 0 spiro atoms. The van der Waals surface area contributed by atoms with Gasteiger partial charge in [-0.05, 0) is 42.8 Å². The third-order valence-corrected chi connectivity index (χ3v) is 8.38. The van der Waals surface area contributed by atoms with Gasteiger partial charge in [-0.3, -0.25) is 4.72 Å². The average Bonchev–Trinajstić information content (AvgIpc) is 3.23. The van der Waals surface area contributed by atoms with Crippen molar-refractivity contribution < 1.29 is 17.2 Å². The molecule has 2 heterocycles. The van der Waals surface area contributed by atoms with Crippen LogP contribution in [0.3, 0.4) is 0 Å². The van der Waals surface area contributed by atoms with Gasteiger partial charge in [0.05, 0.1) is 31.9 Å². The number of aromatic nitrogens is 3. The van der Waals surface area contributed by atoms with Crippen molar-refractivity contribution in [3.63, 3.8) is 0 Å². The lowest BCUT2D eigenvalue weighted by Gasteiger charge is -2.14. The summed E-state index contributed by atoms with van der Waals surface area (Å²) in [6.07, 6.45) is 1.48. The number of rotatable bonds is 5. The van der Waals surface area contributed by atoms with Crippen LogP contribution in [0.2, 0.25) is 5.02 Å². The number of hydrogen-bond donors (Lipinski definition) is 2. The molecule has 4 rings (SSSR count). The lowest BCUT2D eigenvalue weighted by Crippen LogP contribution is -2.16. The van der Waals surface area contributed by atoms with Crippen molar-refractivity contribution in [1.82, 2.24) is 15.0 Å². The van der Waals surface area contributed by atoms with Crippen molar-refractivity contribution in [3.8, 4) is 21.8 Å². The van der Waals surface area contributed by atoms with Crippen LogP contribution in [0.1, 0.15) is 31.3 Å². The Morgan fingerprint density at radius 2 is 1.81 bits per heavy atom. The van der Waals surface area contributed by atoms with Gasteiger partial charge in [-0.1, -0.05) is 38.4 Å². The number of halogens is 3. The Labute approximate surface area is 216 Å². The first-order chi connectivity index (χ1) is 16.8. The molecule has 0 fully saturated rings. The van der Waals surface area contributed by atoms with Crippen molar-refractivity contribution in [3.05, 3.63) is 69.8 Å². The fourth-order valence-corrected chi connectivity index (χ4v) is 6.03. The highest BCUT2D eigenvalue weighted by Gasteiger charge is 2.28. The summed E-state index contributed by atoms with van der Waals surface area (Å²) < 4.78 is 57.9. The van der Waals surface area contributed by atoms with E-state index in [9.17, 15) is 12.8 Å². The maximum atomic E-state index is 15.9. The van der Waals surface area contributed by atoms with E-state index in [4.69, 9.17) is 17.3 Å². The van der Waals surface area contributed by atoms with Crippen molar-refractivity contribution in [2.45, 2.75) is 38.0 Å². The maximum absolute atomic E-state index is 15.9. The first-order valence-electron chi connectivity index (χ1n) is 10.6. The summed E-state index contributed by atoms with van der Waals surface area (Å²) >= 11 is 7.60. The van der Waals surface area contributed by atoms with Crippen molar-refractivity contribution in [2.24, 2.45) is 0 Å². The van der Waals surface area contributed by atoms with E-state index >= 15 is 4.39 Å². The molecule has 0 saturated heterocycles. The molecule has 2 aromatic heterocycles. The molecule has 188 valence electrons. The highest BCUT2D eigenvalue weighted by atomic mass is 35.5. The number of nitrogens with zero attached hydrogens (tertiary/aromatic N) is 3. The monoisotopic (exact) mass is 549 g/mol. The van der Waals surface area contributed by atoms with Gasteiger partial charge < -0.3 is 5.73 Å². The molecule has 3 N–H and O–H groups in total. The van der Waals surface area contributed by atoms with Crippen LogP contribution in [-0.2, 0) is 15.4 Å². The molecule has 4 aromatic rings. The fraction of sp³-hybridized carbons (Fsp3) is 0.208. The Morgan fingerprint density at radius 1 is 1.08 bits per heavy atom. The Kier molecular flexibility index (Phi) is 6.76. The summed E-state index contributed by atoms with van der Waals surface area (Å²) in [5.41, 5.74) is 5.92. The molecule has 2 aromatic carbocycles. The van der Waals surface area contributed by atoms with Crippen LogP contribution in [0.5, 0.6) is 0 Å². The zero-order chi connectivity index (χ0) is 26.4. The largest absolute Gasteiger partial charge is 0.368 e. The molecule has 0 radical (unpaired) electrons. The number of aryl methyl sites for hydroxylation is 1. The van der Waals surface area contributed by atoms with Crippen LogP contribution in [0.25, 0.3) is 21.8 Å². The SMILES string of the molecule is Cc1ccc(F)cc1S(=O)(=O)Nc1cc(Cl)cc(-c2nc(C(C)(C)C)sc2-c2ccnc(N)n2)c1F. The molecule has 0 amide bonds. The predicted molar refractivity (Wildman–Crippen MR) is 139 cm³/mol. The second-order valence-electron chi connectivity index (χ2n) is 9.08. The summed E-state index contributed by atoms with van der Waals surface area (Å²) in [4.78, 5) is 13.0. The molecule has 0 aliphatic rings. The molecule has 0 aliphatic carbocycles. The van der Waals surface area contributed by atoms with Gasteiger partial charge in [-0.2, -0.15) is 0 Å². The smallest absolute Gasteiger partial charge is 0.262 e. The fourth-order valence-electron chi connectivity index (χ4n) is 3.40. The van der Waals surface area contributed by atoms with E-state index in [1.807, 2.05) is 20.8 Å². The lowest BCUT2D eigenvalue weighted by molar-refractivity contribution is 0.585. The van der Waals surface area contributed by atoms with E-state index in [-0.39, 0.29) is 32.5 Å². The van der Waals surface area contributed by atoms with Crippen LogP contribution in [0, 0.1) is 18.6 Å². The maximum Gasteiger partial charge on any atom is 0.262 e. The minimum atomic E-state index is -4.33. The Balaban J connectivity index is 1.89. The summed E-state index contributed by atoms with van der Waals surface area (Å²) in [6.45, 7) is 7.39. The summed E-state index contributed by atoms with van der Waals surface area (Å²) in [5.74, 6) is -1.60. The van der Waals surface area contributed by atoms with E-state index < -0.39 is 27.3 Å². The molecule has 0 saturated carbocycles. The second kappa shape index (κ2) is 9.38. The third-order valence-electron chi connectivity index (χ3n) is 5.15. The van der Waals surface area contributed by atoms with Gasteiger partial charge in [0.25, 0.3) is 10.0 Å². The molecule has 0 atom stereocenters. The van der Waals surface area contributed by atoms with Crippen molar-refractivity contribution >= 4 is 44.6 Å². The standard InChI is InChI=1S/C24H22ClF2N5O2S2/c1-12-5-6-14(26)11-18(12)36(33,34)32-17-10-13(25)9-15(19(17)27)20-21(16-7-8-29-23(28)30-16)35-22(31-20)24(2,3)4/h5-11,32H,1-4H3,(H2,28,29,30). The number of nitrogens with one attached hydrogen (secondary N) is 1. The number of hydrogen-bond acceptors (Lipinski definition) is 7. The average molecular weight is 550 g/mol. The molecule has 7 nitrogen and oxygen atoms in total. The van der Waals surface area contributed by atoms with Crippen LogP contribution >= 0.6 is 22.9 Å². The highest BCUT2D eigenvalue weighted by Crippen LogP contribution is 2.43. The molecule has 0 unspecified atom stereocenters. The number of nitrogens with two attached hydrogens (primary N) is 1. The number of thiazole rings is 1. The Hall–Kier alpha value is -3.15. The van der Waals surface area contributed by atoms with E-state index in [2.05, 4.69) is 19.7 Å². The Morgan fingerprint density at radius 3 is 2.47 bits per heavy atom. The first-order valence-corrected chi connectivity index (χ1v) is 13.3. The van der Waals surface area contributed by atoms with Crippen LogP contribution in [-0.4, -0.2) is 23.4 Å². The van der Waals surface area contributed by atoms with E-state index in [0.717, 1.165) is 18.2 Å². The molecular formula is C24H22ClF2N5O2S2. The molecule has 36 heavy (non-hydrogen) atoms. The quantitative estimate of drug-likeness (QED) is 0.307. The van der Waals surface area contributed by atoms with Gasteiger partial charge in [0.15, 0.2) is 5.82 Å². The Bertz CT molecular complexity index is 1580. The third kappa shape index (κ3) is 5.18. The van der Waals surface area contributed by atoms with Gasteiger partial charge >= 0.3 is 0 Å². The van der Waals surface area contributed by atoms with Gasteiger partial charge in [0, 0.05) is 22.2 Å². The minimum Gasteiger partial charge on any atom is -0.368 e. The van der Waals surface area contributed by atoms with Gasteiger partial charge in [0.1, 0.15) is 5.82 Å². The van der Waals surface area contributed by atoms with Crippen molar-refractivity contribution in [2.75, 3.05) is 10.5 Å². The molecule has 0 aliphatic heterocycles. The molecule has 0 bridgehead atoms. The summed E-state index contributed by atoms with van der Waals surface area (Å²) in [7, 11) is -4.33. The predicted octanol–water partition coefficient (Wildman–Crippen LogP) is 6.19. The normalized spacial score (nSPS) is 12.1. The van der Waals surface area contributed by atoms with E-state index in [1.165, 1.54) is 36.6 Å².